The molecule has 3 rings (SSSR count). The number of carbonyl (C=O) groups is 2. The zero-order chi connectivity index (χ0) is 14.2. The van der Waals surface area contributed by atoms with Crippen molar-refractivity contribution in [1.29, 1.82) is 0 Å². The zero-order valence-electron chi connectivity index (χ0n) is 11.7. The van der Waals surface area contributed by atoms with Gasteiger partial charge in [-0.3, -0.25) is 4.79 Å². The van der Waals surface area contributed by atoms with Crippen LogP contribution in [0.3, 0.4) is 0 Å². The molecule has 1 aromatic carbocycles. The number of nitrogens with zero attached hydrogens (tertiary/aromatic N) is 1. The summed E-state index contributed by atoms with van der Waals surface area (Å²) in [6.45, 7) is 3.28. The monoisotopic (exact) mass is 273 g/mol. The van der Waals surface area contributed by atoms with Crippen LogP contribution in [-0.4, -0.2) is 35.5 Å². The molecule has 20 heavy (non-hydrogen) atoms. The average Bonchev–Trinajstić information content (AvgIpc) is 2.47. The smallest absolute Gasteiger partial charge is 0.339 e. The first kappa shape index (κ1) is 13.2. The Morgan fingerprint density at radius 2 is 1.90 bits per heavy atom. The number of cyclic esters (lactones) is 1. The average molecular weight is 273 g/mol. The molecule has 0 N–H and O–H groups in total. The highest BCUT2D eigenvalue weighted by atomic mass is 16.6. The Bertz CT molecular complexity index is 548. The van der Waals surface area contributed by atoms with E-state index >= 15 is 0 Å². The second-order valence-corrected chi connectivity index (χ2v) is 5.81. The molecule has 4 heteroatoms. The van der Waals surface area contributed by atoms with E-state index in [1.54, 1.807) is 13.0 Å². The molecule has 0 aromatic heterocycles. The molecule has 106 valence electrons. The van der Waals surface area contributed by atoms with Crippen LogP contribution >= 0.6 is 0 Å². The van der Waals surface area contributed by atoms with E-state index in [4.69, 9.17) is 4.74 Å². The Morgan fingerprint density at radius 3 is 2.65 bits per heavy atom. The highest BCUT2D eigenvalue weighted by Gasteiger charge is 2.44. The van der Waals surface area contributed by atoms with E-state index in [2.05, 4.69) is 0 Å². The molecule has 1 unspecified atom stereocenters. The maximum absolute atomic E-state index is 12.7. The highest BCUT2D eigenvalue weighted by molar-refractivity contribution is 5.97. The number of fused-ring (bicyclic) bond motifs is 1. The lowest BCUT2D eigenvalue weighted by molar-refractivity contribution is -0.152. The number of hydrogen-bond acceptors (Lipinski definition) is 3. The zero-order valence-corrected chi connectivity index (χ0v) is 11.7. The van der Waals surface area contributed by atoms with Crippen LogP contribution in [-0.2, 0) is 16.0 Å². The molecule has 4 nitrogen and oxygen atoms in total. The second-order valence-electron chi connectivity index (χ2n) is 5.81. The number of likely N-dealkylation sites (tertiary alicyclic amines) is 1. The third-order valence-corrected chi connectivity index (χ3v) is 4.18. The molecule has 0 saturated carbocycles. The van der Waals surface area contributed by atoms with Gasteiger partial charge in [-0.1, -0.05) is 18.2 Å². The summed E-state index contributed by atoms with van der Waals surface area (Å²) >= 11 is 0. The Balaban J connectivity index is 1.86. The topological polar surface area (TPSA) is 46.6 Å². The number of rotatable bonds is 1. The molecular weight excluding hydrogens is 254 g/mol. The Hall–Kier alpha value is -1.84. The molecule has 0 bridgehead atoms. The summed E-state index contributed by atoms with van der Waals surface area (Å²) in [5.74, 6) is -0.445. The van der Waals surface area contributed by atoms with Crippen LogP contribution in [0.1, 0.15) is 42.1 Å². The first-order chi connectivity index (χ1) is 9.60. The number of piperidine rings is 1. The van der Waals surface area contributed by atoms with Crippen molar-refractivity contribution in [1.82, 2.24) is 4.90 Å². The van der Waals surface area contributed by atoms with Gasteiger partial charge >= 0.3 is 5.97 Å². The number of hydrogen-bond donors (Lipinski definition) is 0. The number of benzene rings is 1. The molecule has 1 aromatic rings. The van der Waals surface area contributed by atoms with Gasteiger partial charge < -0.3 is 9.64 Å². The van der Waals surface area contributed by atoms with Crippen molar-refractivity contribution in [2.75, 3.05) is 13.1 Å². The number of esters is 1. The van der Waals surface area contributed by atoms with Crippen molar-refractivity contribution in [2.45, 2.75) is 38.2 Å². The predicted molar refractivity (Wildman–Crippen MR) is 74.4 cm³/mol. The summed E-state index contributed by atoms with van der Waals surface area (Å²) in [6.07, 6.45) is 3.70. The maximum Gasteiger partial charge on any atom is 0.339 e. The van der Waals surface area contributed by atoms with Crippen molar-refractivity contribution >= 4 is 11.9 Å². The Morgan fingerprint density at radius 1 is 1.20 bits per heavy atom. The molecule has 1 amide bonds. The van der Waals surface area contributed by atoms with Gasteiger partial charge in [0, 0.05) is 19.5 Å². The van der Waals surface area contributed by atoms with Crippen LogP contribution < -0.4 is 0 Å². The maximum atomic E-state index is 12.7. The lowest BCUT2D eigenvalue weighted by atomic mass is 9.88. The van der Waals surface area contributed by atoms with Crippen molar-refractivity contribution < 1.29 is 14.3 Å². The minimum Gasteiger partial charge on any atom is -0.445 e. The largest absolute Gasteiger partial charge is 0.445 e. The van der Waals surface area contributed by atoms with E-state index in [0.717, 1.165) is 31.5 Å². The summed E-state index contributed by atoms with van der Waals surface area (Å²) in [5.41, 5.74) is 0.427. The summed E-state index contributed by atoms with van der Waals surface area (Å²) in [7, 11) is 0. The van der Waals surface area contributed by atoms with Gasteiger partial charge in [0.15, 0.2) is 5.60 Å². The molecule has 2 aliphatic rings. The fraction of sp³-hybridized carbons (Fsp3) is 0.500. The molecule has 0 aliphatic carbocycles. The van der Waals surface area contributed by atoms with E-state index < -0.39 is 5.60 Å². The molecule has 0 radical (unpaired) electrons. The third kappa shape index (κ3) is 2.19. The third-order valence-electron chi connectivity index (χ3n) is 4.18. The minimum absolute atomic E-state index is 0.0555. The minimum atomic E-state index is -1.05. The predicted octanol–water partition coefficient (Wildman–Crippen LogP) is 2.17. The molecule has 0 spiro atoms. The van der Waals surface area contributed by atoms with Gasteiger partial charge in [0.2, 0.25) is 0 Å². The van der Waals surface area contributed by atoms with E-state index in [0.29, 0.717) is 12.0 Å². The lowest BCUT2D eigenvalue weighted by Gasteiger charge is -2.38. The van der Waals surface area contributed by atoms with Crippen molar-refractivity contribution in [3.8, 4) is 0 Å². The van der Waals surface area contributed by atoms with Crippen LogP contribution in [0.5, 0.6) is 0 Å². The van der Waals surface area contributed by atoms with Crippen LogP contribution in [0.15, 0.2) is 24.3 Å². The van der Waals surface area contributed by atoms with Gasteiger partial charge in [-0.2, -0.15) is 0 Å². The van der Waals surface area contributed by atoms with E-state index in [9.17, 15) is 9.59 Å². The van der Waals surface area contributed by atoms with Crippen molar-refractivity contribution in [2.24, 2.45) is 0 Å². The van der Waals surface area contributed by atoms with Gasteiger partial charge in [-0.05, 0) is 37.8 Å². The summed E-state index contributed by atoms with van der Waals surface area (Å²) < 4.78 is 5.49. The summed E-state index contributed by atoms with van der Waals surface area (Å²) in [6, 6.07) is 7.36. The Labute approximate surface area is 118 Å². The normalized spacial score (nSPS) is 25.9. The van der Waals surface area contributed by atoms with E-state index in [1.807, 2.05) is 23.1 Å². The molecule has 1 fully saturated rings. The number of ether oxygens (including phenoxy) is 1. The lowest BCUT2D eigenvalue weighted by Crippen LogP contribution is -2.54. The van der Waals surface area contributed by atoms with E-state index in [-0.39, 0.29) is 11.9 Å². The molecule has 2 aliphatic heterocycles. The van der Waals surface area contributed by atoms with Crippen molar-refractivity contribution in [3.05, 3.63) is 35.4 Å². The van der Waals surface area contributed by atoms with Gasteiger partial charge in [0.25, 0.3) is 5.91 Å². The molecule has 1 saturated heterocycles. The number of amides is 1. The summed E-state index contributed by atoms with van der Waals surface area (Å²) in [5, 5.41) is 0. The summed E-state index contributed by atoms with van der Waals surface area (Å²) in [4.78, 5) is 26.6. The first-order valence-corrected chi connectivity index (χ1v) is 7.21. The molecule has 2 heterocycles. The van der Waals surface area contributed by atoms with E-state index in [1.165, 1.54) is 6.42 Å². The van der Waals surface area contributed by atoms with Gasteiger partial charge in [-0.25, -0.2) is 4.79 Å². The van der Waals surface area contributed by atoms with Crippen LogP contribution in [0.4, 0.5) is 0 Å². The molecular formula is C16H19NO3. The van der Waals surface area contributed by atoms with Crippen LogP contribution in [0.2, 0.25) is 0 Å². The number of carbonyl (C=O) groups excluding carboxylic acids is 2. The molecule has 1 atom stereocenters. The fourth-order valence-electron chi connectivity index (χ4n) is 3.08. The quantitative estimate of drug-likeness (QED) is 0.737. The van der Waals surface area contributed by atoms with Gasteiger partial charge in [0.1, 0.15) is 0 Å². The fourth-order valence-corrected chi connectivity index (χ4v) is 3.08. The van der Waals surface area contributed by atoms with Gasteiger partial charge in [0.05, 0.1) is 5.56 Å². The highest BCUT2D eigenvalue weighted by Crippen LogP contribution is 2.30. The van der Waals surface area contributed by atoms with Crippen LogP contribution in [0.25, 0.3) is 0 Å². The van der Waals surface area contributed by atoms with Crippen LogP contribution in [0, 0.1) is 0 Å². The second kappa shape index (κ2) is 4.93. The standard InChI is InChI=1S/C16H19NO3/c1-16(15(19)17-9-5-2-6-10-17)11-12-7-3-4-8-13(12)14(18)20-16/h3-4,7-8H,2,5-6,9-11H2,1H3. The van der Waals surface area contributed by atoms with Gasteiger partial charge in [-0.15, -0.1) is 0 Å². The first-order valence-electron chi connectivity index (χ1n) is 7.21. The Kier molecular flexibility index (Phi) is 3.24. The SMILES string of the molecule is CC1(C(=O)N2CCCCC2)Cc2ccccc2C(=O)O1. The van der Waals surface area contributed by atoms with Crippen molar-refractivity contribution in [3.63, 3.8) is 0 Å².